The molecule has 2 rings (SSSR count). The van der Waals surface area contributed by atoms with Crippen molar-refractivity contribution in [3.05, 3.63) is 6.20 Å². The van der Waals surface area contributed by atoms with Crippen LogP contribution in [0.5, 0.6) is 0 Å². The molecule has 0 saturated carbocycles. The number of halogens is 3. The summed E-state index contributed by atoms with van der Waals surface area (Å²) in [4.78, 5) is 9.08. The van der Waals surface area contributed by atoms with Crippen LogP contribution in [0, 0.1) is 0 Å². The first-order valence-electron chi connectivity index (χ1n) is 5.07. The fourth-order valence-corrected chi connectivity index (χ4v) is 1.57. The minimum absolute atomic E-state index is 0.176. The van der Waals surface area contributed by atoms with Crippen molar-refractivity contribution in [3.63, 3.8) is 0 Å². The molecule has 98 valence electrons. The highest BCUT2D eigenvalue weighted by Crippen LogP contribution is 2.25. The van der Waals surface area contributed by atoms with Crippen molar-refractivity contribution in [1.82, 2.24) is 20.2 Å². The number of alkyl halides is 3. The van der Waals surface area contributed by atoms with Gasteiger partial charge in [-0.05, 0) is 0 Å². The summed E-state index contributed by atoms with van der Waals surface area (Å²) in [5.74, 6) is 0.409. The van der Waals surface area contributed by atoms with Crippen molar-refractivity contribution in [3.8, 4) is 0 Å². The van der Waals surface area contributed by atoms with Gasteiger partial charge in [0.1, 0.15) is 12.4 Å². The zero-order chi connectivity index (χ0) is 13.3. The van der Waals surface area contributed by atoms with E-state index in [1.807, 2.05) is 0 Å². The quantitative estimate of drug-likeness (QED) is 0.872. The minimum Gasteiger partial charge on any atom is -0.357 e. The highest BCUT2D eigenvalue weighted by atomic mass is 19.4. The first-order chi connectivity index (χ1) is 8.40. The second-order valence-corrected chi connectivity index (χ2v) is 3.72. The van der Waals surface area contributed by atoms with Crippen molar-refractivity contribution in [2.24, 2.45) is 0 Å². The SMILES string of the molecule is CNc1nc(N(C)CC(F)(F)F)c2cn[nH]c2n1. The van der Waals surface area contributed by atoms with Crippen molar-refractivity contribution < 1.29 is 13.2 Å². The monoisotopic (exact) mass is 260 g/mol. The highest BCUT2D eigenvalue weighted by Gasteiger charge is 2.30. The zero-order valence-corrected chi connectivity index (χ0v) is 9.71. The summed E-state index contributed by atoms with van der Waals surface area (Å²) in [6.07, 6.45) is -2.90. The van der Waals surface area contributed by atoms with Gasteiger partial charge in [0.15, 0.2) is 5.65 Å². The molecule has 0 spiro atoms. The lowest BCUT2D eigenvalue weighted by Gasteiger charge is -2.20. The molecule has 0 bridgehead atoms. The lowest BCUT2D eigenvalue weighted by Crippen LogP contribution is -2.31. The molecular formula is C9H11F3N6. The van der Waals surface area contributed by atoms with Gasteiger partial charge < -0.3 is 10.2 Å². The van der Waals surface area contributed by atoms with Crippen LogP contribution in [0.1, 0.15) is 0 Å². The Morgan fingerprint density at radius 3 is 2.72 bits per heavy atom. The zero-order valence-electron chi connectivity index (χ0n) is 9.71. The Kier molecular flexibility index (Phi) is 2.97. The molecule has 0 aromatic carbocycles. The number of fused-ring (bicyclic) bond motifs is 1. The van der Waals surface area contributed by atoms with E-state index in [1.54, 1.807) is 7.05 Å². The molecule has 0 aliphatic carbocycles. The summed E-state index contributed by atoms with van der Waals surface area (Å²) in [5.41, 5.74) is 0.387. The Hall–Kier alpha value is -2.06. The molecule has 2 aromatic rings. The van der Waals surface area contributed by atoms with E-state index in [2.05, 4.69) is 25.5 Å². The lowest BCUT2D eigenvalue weighted by molar-refractivity contribution is -0.119. The summed E-state index contributed by atoms with van der Waals surface area (Å²) < 4.78 is 37.1. The van der Waals surface area contributed by atoms with Gasteiger partial charge in [0.25, 0.3) is 0 Å². The van der Waals surface area contributed by atoms with Crippen LogP contribution < -0.4 is 10.2 Å². The molecule has 2 N–H and O–H groups in total. The van der Waals surface area contributed by atoms with Crippen LogP contribution in [0.25, 0.3) is 11.0 Å². The number of hydrogen-bond acceptors (Lipinski definition) is 5. The molecule has 0 aliphatic rings. The first kappa shape index (κ1) is 12.4. The Balaban J connectivity index is 2.45. The summed E-state index contributed by atoms with van der Waals surface area (Å²) in [6, 6.07) is 0. The molecule has 2 heterocycles. The van der Waals surface area contributed by atoms with Gasteiger partial charge in [0.2, 0.25) is 5.95 Å². The molecule has 18 heavy (non-hydrogen) atoms. The van der Waals surface area contributed by atoms with Crippen molar-refractivity contribution in [2.45, 2.75) is 6.18 Å². The smallest absolute Gasteiger partial charge is 0.357 e. The summed E-state index contributed by atoms with van der Waals surface area (Å²) in [6.45, 7) is -1.09. The molecule has 0 radical (unpaired) electrons. The van der Waals surface area contributed by atoms with Crippen LogP contribution in [-0.4, -0.2) is 47.0 Å². The number of hydrogen-bond donors (Lipinski definition) is 2. The van der Waals surface area contributed by atoms with E-state index in [0.29, 0.717) is 11.0 Å². The number of nitrogens with one attached hydrogen (secondary N) is 2. The summed E-state index contributed by atoms with van der Waals surface area (Å²) in [7, 11) is 2.91. The fraction of sp³-hybridized carbons (Fsp3) is 0.444. The minimum atomic E-state index is -4.30. The largest absolute Gasteiger partial charge is 0.405 e. The third-order valence-electron chi connectivity index (χ3n) is 2.29. The molecule has 6 nitrogen and oxygen atoms in total. The Bertz CT molecular complexity index is 549. The van der Waals surface area contributed by atoms with E-state index in [9.17, 15) is 13.2 Å². The van der Waals surface area contributed by atoms with Crippen molar-refractivity contribution in [1.29, 1.82) is 0 Å². The maximum absolute atomic E-state index is 12.4. The average molecular weight is 260 g/mol. The molecule has 2 aromatic heterocycles. The predicted molar refractivity (Wildman–Crippen MR) is 60.6 cm³/mol. The second-order valence-electron chi connectivity index (χ2n) is 3.72. The van der Waals surface area contributed by atoms with Gasteiger partial charge in [-0.1, -0.05) is 0 Å². The van der Waals surface area contributed by atoms with Gasteiger partial charge >= 0.3 is 6.18 Å². The van der Waals surface area contributed by atoms with Gasteiger partial charge in [-0.25, -0.2) is 0 Å². The third-order valence-corrected chi connectivity index (χ3v) is 2.29. The van der Waals surface area contributed by atoms with E-state index in [1.165, 1.54) is 13.2 Å². The normalized spacial score (nSPS) is 11.8. The van der Waals surface area contributed by atoms with Crippen molar-refractivity contribution >= 4 is 22.8 Å². The van der Waals surface area contributed by atoms with Gasteiger partial charge in [-0.15, -0.1) is 0 Å². The van der Waals surface area contributed by atoms with E-state index in [-0.39, 0.29) is 11.8 Å². The number of nitrogens with zero attached hydrogens (tertiary/aromatic N) is 4. The molecule has 0 unspecified atom stereocenters. The summed E-state index contributed by atoms with van der Waals surface area (Å²) >= 11 is 0. The number of anilines is 2. The Morgan fingerprint density at radius 1 is 1.39 bits per heavy atom. The topological polar surface area (TPSA) is 69.7 Å². The molecule has 9 heteroatoms. The van der Waals surface area contributed by atoms with E-state index in [4.69, 9.17) is 0 Å². The third kappa shape index (κ3) is 2.44. The molecule has 0 atom stereocenters. The number of aromatic nitrogens is 4. The fourth-order valence-electron chi connectivity index (χ4n) is 1.57. The number of rotatable bonds is 3. The van der Waals surface area contributed by atoms with Gasteiger partial charge in [-0.3, -0.25) is 5.10 Å². The van der Waals surface area contributed by atoms with E-state index >= 15 is 0 Å². The maximum Gasteiger partial charge on any atom is 0.405 e. The Labute approximate surface area is 100 Å². The van der Waals surface area contributed by atoms with Gasteiger partial charge in [0, 0.05) is 14.1 Å². The first-order valence-corrected chi connectivity index (χ1v) is 5.07. The van der Waals surface area contributed by atoms with Crippen molar-refractivity contribution in [2.75, 3.05) is 30.9 Å². The molecular weight excluding hydrogens is 249 g/mol. The van der Waals surface area contributed by atoms with Crippen LogP contribution in [-0.2, 0) is 0 Å². The van der Waals surface area contributed by atoms with Gasteiger partial charge in [-0.2, -0.15) is 28.2 Å². The van der Waals surface area contributed by atoms with Crippen LogP contribution in [0.4, 0.5) is 24.9 Å². The molecule has 0 aliphatic heterocycles. The number of H-pyrrole nitrogens is 1. The maximum atomic E-state index is 12.4. The highest BCUT2D eigenvalue weighted by molar-refractivity contribution is 5.87. The van der Waals surface area contributed by atoms with Crippen LogP contribution in [0.2, 0.25) is 0 Å². The predicted octanol–water partition coefficient (Wildman–Crippen LogP) is 1.39. The molecule has 0 amide bonds. The standard InChI is InChI=1S/C9H11F3N6/c1-13-8-15-6-5(3-14-17-6)7(16-8)18(2)4-9(10,11)12/h3H,4H2,1-2H3,(H2,13,14,15,16,17). The van der Waals surface area contributed by atoms with Crippen LogP contribution in [0.15, 0.2) is 6.20 Å². The average Bonchev–Trinajstić information content (AvgIpc) is 2.72. The Morgan fingerprint density at radius 2 is 2.11 bits per heavy atom. The van der Waals surface area contributed by atoms with E-state index in [0.717, 1.165) is 4.90 Å². The van der Waals surface area contributed by atoms with Gasteiger partial charge in [0.05, 0.1) is 11.6 Å². The summed E-state index contributed by atoms with van der Waals surface area (Å²) in [5, 5.41) is 9.49. The number of aromatic amines is 1. The van der Waals surface area contributed by atoms with Crippen LogP contribution >= 0.6 is 0 Å². The van der Waals surface area contributed by atoms with E-state index < -0.39 is 12.7 Å². The molecule has 0 saturated heterocycles. The second kappa shape index (κ2) is 4.31. The lowest BCUT2D eigenvalue weighted by atomic mass is 10.3. The van der Waals surface area contributed by atoms with Crippen LogP contribution in [0.3, 0.4) is 0 Å². The molecule has 0 fully saturated rings.